The van der Waals surface area contributed by atoms with Crippen LogP contribution >= 0.6 is 0 Å². The molecule has 0 saturated heterocycles. The van der Waals surface area contributed by atoms with Gasteiger partial charge < -0.3 is 4.98 Å². The zero-order valence-corrected chi connectivity index (χ0v) is 13.8. The number of nitrogens with one attached hydrogen (secondary N) is 1. The predicted octanol–water partition coefficient (Wildman–Crippen LogP) is 3.17. The van der Waals surface area contributed by atoms with Crippen molar-refractivity contribution in [2.24, 2.45) is 0 Å². The number of rotatable bonds is 3. The number of aromatic nitrogens is 4. The van der Waals surface area contributed by atoms with Gasteiger partial charge in [-0.2, -0.15) is 5.10 Å². The molecule has 2 aromatic heterocycles. The maximum atomic E-state index is 11.6. The summed E-state index contributed by atoms with van der Waals surface area (Å²) in [5, 5.41) is 4.46. The van der Waals surface area contributed by atoms with Crippen LogP contribution in [0.3, 0.4) is 0 Å². The predicted molar refractivity (Wildman–Crippen MR) is 90.5 cm³/mol. The second-order valence-electron chi connectivity index (χ2n) is 5.96. The van der Waals surface area contributed by atoms with Gasteiger partial charge in [0.15, 0.2) is 0 Å². The molecule has 23 heavy (non-hydrogen) atoms. The summed E-state index contributed by atoms with van der Waals surface area (Å²) in [6.45, 7) is 8.10. The van der Waals surface area contributed by atoms with Gasteiger partial charge >= 0.3 is 0 Å². The Morgan fingerprint density at radius 1 is 1.17 bits per heavy atom. The highest BCUT2D eigenvalue weighted by atomic mass is 16.1. The summed E-state index contributed by atoms with van der Waals surface area (Å²) in [5.41, 5.74) is 5.08. The van der Waals surface area contributed by atoms with Gasteiger partial charge in [0.1, 0.15) is 5.82 Å². The van der Waals surface area contributed by atoms with Crippen LogP contribution in [0.4, 0.5) is 0 Å². The van der Waals surface area contributed by atoms with E-state index in [9.17, 15) is 4.79 Å². The van der Waals surface area contributed by atoms with Crippen LogP contribution in [0, 0.1) is 20.8 Å². The SMILES string of the molecule is Cc1ccc(C(C)n2cc(-c3cc(=O)[nH]c(C)n3)cn2)c(C)c1. The van der Waals surface area contributed by atoms with Crippen LogP contribution in [-0.4, -0.2) is 19.7 Å². The van der Waals surface area contributed by atoms with Gasteiger partial charge in [0, 0.05) is 17.8 Å². The van der Waals surface area contributed by atoms with E-state index in [1.165, 1.54) is 22.8 Å². The molecular formula is C18H20N4O. The summed E-state index contributed by atoms with van der Waals surface area (Å²) >= 11 is 0. The Morgan fingerprint density at radius 2 is 1.96 bits per heavy atom. The lowest BCUT2D eigenvalue weighted by Gasteiger charge is -2.15. The lowest BCUT2D eigenvalue weighted by Crippen LogP contribution is -2.09. The average Bonchev–Trinajstić information content (AvgIpc) is 2.95. The number of H-pyrrole nitrogens is 1. The number of hydrogen-bond acceptors (Lipinski definition) is 3. The molecule has 0 bridgehead atoms. The third kappa shape index (κ3) is 3.08. The van der Waals surface area contributed by atoms with Gasteiger partial charge in [-0.05, 0) is 38.8 Å². The first kappa shape index (κ1) is 15.2. The molecule has 0 amide bonds. The first-order valence-corrected chi connectivity index (χ1v) is 7.63. The summed E-state index contributed by atoms with van der Waals surface area (Å²) in [7, 11) is 0. The molecule has 0 spiro atoms. The van der Waals surface area contributed by atoms with Crippen molar-refractivity contribution in [2.45, 2.75) is 33.7 Å². The largest absolute Gasteiger partial charge is 0.311 e. The maximum absolute atomic E-state index is 11.6. The molecule has 5 heteroatoms. The van der Waals surface area contributed by atoms with Crippen molar-refractivity contribution in [1.82, 2.24) is 19.7 Å². The lowest BCUT2D eigenvalue weighted by molar-refractivity contribution is 0.562. The molecule has 3 aromatic rings. The molecule has 0 aliphatic carbocycles. The van der Waals surface area contributed by atoms with Gasteiger partial charge in [0.2, 0.25) is 0 Å². The molecule has 5 nitrogen and oxygen atoms in total. The molecule has 0 aliphatic heterocycles. The molecule has 2 heterocycles. The fourth-order valence-electron chi connectivity index (χ4n) is 2.85. The van der Waals surface area contributed by atoms with E-state index in [4.69, 9.17) is 0 Å². The van der Waals surface area contributed by atoms with Gasteiger partial charge in [-0.25, -0.2) is 4.98 Å². The standard InChI is InChI=1S/C18H20N4O/c1-11-5-6-16(12(2)7-11)13(3)22-10-15(9-19-22)17-8-18(23)21-14(4)20-17/h5-10,13H,1-4H3,(H,20,21,23). The third-order valence-electron chi connectivity index (χ3n) is 4.03. The van der Waals surface area contributed by atoms with E-state index in [-0.39, 0.29) is 11.6 Å². The van der Waals surface area contributed by atoms with Crippen LogP contribution in [0.15, 0.2) is 41.5 Å². The van der Waals surface area contributed by atoms with Crippen molar-refractivity contribution in [3.05, 3.63) is 69.5 Å². The third-order valence-corrected chi connectivity index (χ3v) is 4.03. The van der Waals surface area contributed by atoms with Gasteiger partial charge in [0.05, 0.1) is 17.9 Å². The quantitative estimate of drug-likeness (QED) is 0.808. The fourth-order valence-corrected chi connectivity index (χ4v) is 2.85. The number of benzene rings is 1. The Morgan fingerprint density at radius 3 is 2.65 bits per heavy atom. The normalized spacial score (nSPS) is 12.3. The summed E-state index contributed by atoms with van der Waals surface area (Å²) in [6, 6.07) is 8.05. The molecule has 3 rings (SSSR count). The molecule has 1 N–H and O–H groups in total. The number of hydrogen-bond donors (Lipinski definition) is 1. The van der Waals surface area contributed by atoms with E-state index in [0.717, 1.165) is 5.56 Å². The van der Waals surface area contributed by atoms with Crippen molar-refractivity contribution in [1.29, 1.82) is 0 Å². The van der Waals surface area contributed by atoms with Crippen molar-refractivity contribution in [3.63, 3.8) is 0 Å². The van der Waals surface area contributed by atoms with Crippen molar-refractivity contribution >= 4 is 0 Å². The zero-order chi connectivity index (χ0) is 16.6. The summed E-state index contributed by atoms with van der Waals surface area (Å²) in [4.78, 5) is 18.6. The number of aryl methyl sites for hydroxylation is 3. The molecule has 0 radical (unpaired) electrons. The average molecular weight is 308 g/mol. The molecule has 118 valence electrons. The smallest absolute Gasteiger partial charge is 0.251 e. The van der Waals surface area contributed by atoms with Gasteiger partial charge in [0.25, 0.3) is 5.56 Å². The fraction of sp³-hybridized carbons (Fsp3) is 0.278. The summed E-state index contributed by atoms with van der Waals surface area (Å²) in [5.74, 6) is 0.600. The Balaban J connectivity index is 1.96. The summed E-state index contributed by atoms with van der Waals surface area (Å²) < 4.78 is 1.91. The molecule has 0 aliphatic rings. The second-order valence-corrected chi connectivity index (χ2v) is 5.96. The lowest BCUT2D eigenvalue weighted by atomic mass is 10.0. The van der Waals surface area contributed by atoms with Gasteiger partial charge in [-0.3, -0.25) is 9.48 Å². The maximum Gasteiger partial charge on any atom is 0.251 e. The first-order valence-electron chi connectivity index (χ1n) is 7.63. The van der Waals surface area contributed by atoms with Crippen molar-refractivity contribution < 1.29 is 0 Å². The minimum atomic E-state index is -0.150. The zero-order valence-electron chi connectivity index (χ0n) is 13.8. The van der Waals surface area contributed by atoms with Gasteiger partial charge in [-0.15, -0.1) is 0 Å². The van der Waals surface area contributed by atoms with E-state index < -0.39 is 0 Å². The topological polar surface area (TPSA) is 63.6 Å². The first-order chi connectivity index (χ1) is 10.9. The van der Waals surface area contributed by atoms with Gasteiger partial charge in [-0.1, -0.05) is 23.8 Å². The van der Waals surface area contributed by atoms with E-state index in [1.54, 1.807) is 13.1 Å². The molecule has 0 saturated carbocycles. The molecule has 0 fully saturated rings. The molecular weight excluding hydrogens is 288 g/mol. The Bertz CT molecular complexity index is 907. The molecule has 1 atom stereocenters. The minimum absolute atomic E-state index is 0.118. The van der Waals surface area contributed by atoms with E-state index >= 15 is 0 Å². The van der Waals surface area contributed by atoms with Crippen LogP contribution in [0.2, 0.25) is 0 Å². The highest BCUT2D eigenvalue weighted by molar-refractivity contribution is 5.56. The van der Waals surface area contributed by atoms with Crippen LogP contribution < -0.4 is 5.56 Å². The van der Waals surface area contributed by atoms with Crippen LogP contribution in [0.1, 0.15) is 35.5 Å². The number of aromatic amines is 1. The highest BCUT2D eigenvalue weighted by Crippen LogP contribution is 2.24. The van der Waals surface area contributed by atoms with Crippen LogP contribution in [-0.2, 0) is 0 Å². The van der Waals surface area contributed by atoms with E-state index in [2.05, 4.69) is 54.0 Å². The minimum Gasteiger partial charge on any atom is -0.311 e. The Labute approximate surface area is 135 Å². The summed E-state index contributed by atoms with van der Waals surface area (Å²) in [6.07, 6.45) is 3.69. The molecule has 1 unspecified atom stereocenters. The second kappa shape index (κ2) is 5.83. The van der Waals surface area contributed by atoms with E-state index in [0.29, 0.717) is 11.5 Å². The van der Waals surface area contributed by atoms with Crippen molar-refractivity contribution in [2.75, 3.05) is 0 Å². The molecule has 1 aromatic carbocycles. The number of nitrogens with zero attached hydrogens (tertiary/aromatic N) is 3. The Hall–Kier alpha value is -2.69. The Kier molecular flexibility index (Phi) is 3.86. The van der Waals surface area contributed by atoms with Crippen molar-refractivity contribution in [3.8, 4) is 11.3 Å². The van der Waals surface area contributed by atoms with Crippen LogP contribution in [0.25, 0.3) is 11.3 Å². The highest BCUT2D eigenvalue weighted by Gasteiger charge is 2.13. The van der Waals surface area contributed by atoms with Crippen LogP contribution in [0.5, 0.6) is 0 Å². The van der Waals surface area contributed by atoms with E-state index in [1.807, 2.05) is 10.9 Å². The monoisotopic (exact) mass is 308 g/mol.